The van der Waals surface area contributed by atoms with Crippen LogP contribution in [-0.2, 0) is 9.59 Å². The van der Waals surface area contributed by atoms with Crippen LogP contribution in [0.15, 0.2) is 24.4 Å². The molecule has 0 bridgehead atoms. The van der Waals surface area contributed by atoms with E-state index in [1.54, 1.807) is 19.2 Å². The Balaban J connectivity index is 1.93. The number of β-amino-alcohol motifs (C(OH)–C–C–N with tert-alkyl or cyclic N) is 1. The molecule has 0 saturated carbocycles. The summed E-state index contributed by atoms with van der Waals surface area (Å²) < 4.78 is 21.0. The van der Waals surface area contributed by atoms with Crippen molar-refractivity contribution in [1.82, 2.24) is 25.2 Å². The fraction of sp³-hybridized carbons (Fsp3) is 0.545. The number of benzene rings is 1. The average Bonchev–Trinajstić information content (AvgIpc) is 3.35. The molecule has 1 aliphatic heterocycles. The van der Waals surface area contributed by atoms with Gasteiger partial charge in [0.2, 0.25) is 11.8 Å². The van der Waals surface area contributed by atoms with E-state index in [-0.39, 0.29) is 30.5 Å². The van der Waals surface area contributed by atoms with Gasteiger partial charge < -0.3 is 20.1 Å². The zero-order valence-corrected chi connectivity index (χ0v) is 19.0. The quantitative estimate of drug-likeness (QED) is 0.699. The van der Waals surface area contributed by atoms with Gasteiger partial charge in [0.25, 0.3) is 0 Å². The van der Waals surface area contributed by atoms with Crippen molar-refractivity contribution in [1.29, 1.82) is 0 Å². The molecule has 0 spiro atoms. The molecule has 10 heteroatoms. The number of amides is 2. The minimum Gasteiger partial charge on any atom is -0.491 e. The highest BCUT2D eigenvalue weighted by atomic mass is 19.1. The van der Waals surface area contributed by atoms with Gasteiger partial charge in [0.05, 0.1) is 18.9 Å². The van der Waals surface area contributed by atoms with Gasteiger partial charge in [-0.05, 0) is 30.5 Å². The highest BCUT2D eigenvalue weighted by molar-refractivity contribution is 5.90. The maximum absolute atomic E-state index is 14.3. The van der Waals surface area contributed by atoms with Crippen molar-refractivity contribution in [3.8, 4) is 17.0 Å². The highest BCUT2D eigenvalue weighted by Gasteiger charge is 2.45. The van der Waals surface area contributed by atoms with Gasteiger partial charge in [-0.25, -0.2) is 9.07 Å². The number of carbonyl (C=O) groups excluding carboxylic acids is 2. The molecule has 2 aromatic rings. The van der Waals surface area contributed by atoms with Crippen LogP contribution in [-0.4, -0.2) is 69.2 Å². The molecule has 9 nitrogen and oxygen atoms in total. The molecule has 32 heavy (non-hydrogen) atoms. The normalized spacial score (nSPS) is 19.7. The second-order valence-corrected chi connectivity index (χ2v) is 8.94. The van der Waals surface area contributed by atoms with Crippen LogP contribution in [0.1, 0.15) is 40.2 Å². The number of hydrogen-bond acceptors (Lipinski definition) is 6. The molecular formula is C22H30FN5O4. The molecule has 1 aromatic heterocycles. The number of nitrogens with one attached hydrogen (secondary N) is 1. The Bertz CT molecular complexity index is 987. The second-order valence-electron chi connectivity index (χ2n) is 8.94. The molecule has 2 N–H and O–H groups in total. The number of hydrogen-bond donors (Lipinski definition) is 2. The van der Waals surface area contributed by atoms with E-state index < -0.39 is 29.4 Å². The highest BCUT2D eigenvalue weighted by Crippen LogP contribution is 2.35. The fourth-order valence-electron chi connectivity index (χ4n) is 3.98. The maximum Gasteiger partial charge on any atom is 0.248 e. The minimum absolute atomic E-state index is 0.0646. The van der Waals surface area contributed by atoms with Crippen molar-refractivity contribution in [2.24, 2.45) is 5.41 Å². The molecule has 1 aliphatic rings. The summed E-state index contributed by atoms with van der Waals surface area (Å²) in [6.07, 6.45) is 0.987. The van der Waals surface area contributed by atoms with Crippen LogP contribution in [0.4, 0.5) is 4.39 Å². The third-order valence-corrected chi connectivity index (χ3v) is 5.47. The van der Waals surface area contributed by atoms with Gasteiger partial charge in [-0.3, -0.25) is 9.59 Å². The molecule has 0 aliphatic carbocycles. The number of halogens is 1. The van der Waals surface area contributed by atoms with E-state index in [1.165, 1.54) is 28.8 Å². The summed E-state index contributed by atoms with van der Waals surface area (Å²) in [6, 6.07) is 2.98. The van der Waals surface area contributed by atoms with E-state index in [1.807, 2.05) is 20.8 Å². The number of aromatic nitrogens is 3. The van der Waals surface area contributed by atoms with E-state index in [2.05, 4.69) is 15.6 Å². The van der Waals surface area contributed by atoms with E-state index in [0.717, 1.165) is 0 Å². The first-order valence-electron chi connectivity index (χ1n) is 10.6. The Morgan fingerprint density at radius 1 is 1.38 bits per heavy atom. The van der Waals surface area contributed by atoms with E-state index in [9.17, 15) is 19.1 Å². The third-order valence-electron chi connectivity index (χ3n) is 5.47. The van der Waals surface area contributed by atoms with Crippen molar-refractivity contribution < 1.29 is 23.8 Å². The van der Waals surface area contributed by atoms with Crippen LogP contribution in [0.5, 0.6) is 5.75 Å². The number of rotatable bonds is 6. The monoisotopic (exact) mass is 447 g/mol. The van der Waals surface area contributed by atoms with Crippen LogP contribution >= 0.6 is 0 Å². The Kier molecular flexibility index (Phi) is 6.82. The zero-order chi connectivity index (χ0) is 23.6. The molecule has 0 radical (unpaired) electrons. The molecule has 2 unspecified atom stereocenters. The SMILES string of the molecule is CCOc1ccc(-c2cn(C(C(=O)N3CC(O)C[C@@H]3C(=O)NC)C(C)(C)C)nn2)cc1F. The summed E-state index contributed by atoms with van der Waals surface area (Å²) in [4.78, 5) is 27.2. The average molecular weight is 448 g/mol. The van der Waals surface area contributed by atoms with Crippen LogP contribution in [0.25, 0.3) is 11.3 Å². The molecule has 3 atom stereocenters. The Morgan fingerprint density at radius 2 is 2.09 bits per heavy atom. The third kappa shape index (κ3) is 4.74. The second kappa shape index (κ2) is 9.23. The van der Waals surface area contributed by atoms with Gasteiger partial charge in [-0.1, -0.05) is 26.0 Å². The first-order valence-corrected chi connectivity index (χ1v) is 10.6. The smallest absolute Gasteiger partial charge is 0.248 e. The molecule has 3 rings (SSSR count). The Labute approximate surface area is 186 Å². The molecular weight excluding hydrogens is 417 g/mol. The van der Waals surface area contributed by atoms with Crippen molar-refractivity contribution in [3.05, 3.63) is 30.2 Å². The molecule has 1 fully saturated rings. The molecule has 2 heterocycles. The maximum atomic E-state index is 14.3. The lowest BCUT2D eigenvalue weighted by Crippen LogP contribution is -2.49. The largest absolute Gasteiger partial charge is 0.491 e. The van der Waals surface area contributed by atoms with Crippen molar-refractivity contribution in [3.63, 3.8) is 0 Å². The predicted molar refractivity (Wildman–Crippen MR) is 115 cm³/mol. The molecule has 2 amide bonds. The summed E-state index contributed by atoms with van der Waals surface area (Å²) >= 11 is 0. The van der Waals surface area contributed by atoms with Crippen molar-refractivity contribution in [2.45, 2.75) is 52.3 Å². The van der Waals surface area contributed by atoms with Gasteiger partial charge in [0.15, 0.2) is 11.6 Å². The van der Waals surface area contributed by atoms with Gasteiger partial charge in [-0.2, -0.15) is 0 Å². The van der Waals surface area contributed by atoms with Crippen molar-refractivity contribution >= 4 is 11.8 Å². The van der Waals surface area contributed by atoms with Crippen molar-refractivity contribution in [2.75, 3.05) is 20.2 Å². The predicted octanol–water partition coefficient (Wildman–Crippen LogP) is 1.78. The van der Waals surface area contributed by atoms with Gasteiger partial charge in [0, 0.05) is 25.6 Å². The van der Waals surface area contributed by atoms with Gasteiger partial charge >= 0.3 is 0 Å². The first kappa shape index (κ1) is 23.6. The summed E-state index contributed by atoms with van der Waals surface area (Å²) in [6.45, 7) is 7.84. The number of likely N-dealkylation sites (N-methyl/N-ethyl adjacent to an activating group) is 1. The molecule has 174 valence electrons. The van der Waals surface area contributed by atoms with Crippen LogP contribution in [0.3, 0.4) is 0 Å². The number of likely N-dealkylation sites (tertiary alicyclic amines) is 1. The number of aliphatic hydroxyl groups is 1. The van der Waals surface area contributed by atoms with E-state index in [0.29, 0.717) is 17.9 Å². The van der Waals surface area contributed by atoms with Gasteiger partial charge in [0.1, 0.15) is 17.8 Å². The number of ether oxygens (including phenoxy) is 1. The molecule has 1 aromatic carbocycles. The Morgan fingerprint density at radius 3 is 2.69 bits per heavy atom. The first-order chi connectivity index (χ1) is 15.1. The summed E-state index contributed by atoms with van der Waals surface area (Å²) in [5, 5.41) is 20.9. The lowest BCUT2D eigenvalue weighted by atomic mass is 9.85. The topological polar surface area (TPSA) is 110 Å². The van der Waals surface area contributed by atoms with Gasteiger partial charge in [-0.15, -0.1) is 5.10 Å². The number of nitrogens with zero attached hydrogens (tertiary/aromatic N) is 4. The molecule has 1 saturated heterocycles. The summed E-state index contributed by atoms with van der Waals surface area (Å²) in [7, 11) is 1.50. The number of aliphatic hydroxyl groups excluding tert-OH is 1. The summed E-state index contributed by atoms with van der Waals surface area (Å²) in [5.74, 6) is -1.02. The standard InChI is InChI=1S/C22H30FN5O4/c1-6-32-18-8-7-13(9-15(18)23)16-12-28(26-25-16)19(22(2,3)4)21(31)27-11-14(29)10-17(27)20(30)24-5/h7-9,12,14,17,19,29H,6,10-11H2,1-5H3,(H,24,30)/t14?,17-,19?/m1/s1. The Hall–Kier alpha value is -3.01. The van der Waals surface area contributed by atoms with E-state index >= 15 is 0 Å². The van der Waals surface area contributed by atoms with Crippen LogP contribution < -0.4 is 10.1 Å². The summed E-state index contributed by atoms with van der Waals surface area (Å²) in [5.41, 5.74) is 0.322. The fourth-order valence-corrected chi connectivity index (χ4v) is 3.98. The van der Waals surface area contributed by atoms with Crippen LogP contribution in [0.2, 0.25) is 0 Å². The minimum atomic E-state index is -0.784. The lowest BCUT2D eigenvalue weighted by molar-refractivity contribution is -0.144. The lowest BCUT2D eigenvalue weighted by Gasteiger charge is -2.34. The van der Waals surface area contributed by atoms with E-state index in [4.69, 9.17) is 4.74 Å². The van der Waals surface area contributed by atoms with Crippen LogP contribution in [0, 0.1) is 11.2 Å². The number of carbonyl (C=O) groups is 2. The zero-order valence-electron chi connectivity index (χ0n) is 19.0.